The van der Waals surface area contributed by atoms with Gasteiger partial charge in [0.1, 0.15) is 5.66 Å². The molecule has 7 heteroatoms. The summed E-state index contributed by atoms with van der Waals surface area (Å²) in [7, 11) is -3.38. The first kappa shape index (κ1) is 15.9. The predicted octanol–water partition coefficient (Wildman–Crippen LogP) is 2.15. The Hall–Kier alpha value is -1.49. The zero-order valence-corrected chi connectivity index (χ0v) is 13.0. The number of carbonyl (C=O) groups is 2. The van der Waals surface area contributed by atoms with Gasteiger partial charge >= 0.3 is 0 Å². The van der Waals surface area contributed by atoms with Gasteiger partial charge in [0.25, 0.3) is 11.8 Å². The highest BCUT2D eigenvalue weighted by atomic mass is 31.2. The maximum atomic E-state index is 12.6. The molecule has 1 aromatic rings. The molecular formula is C14H18NO5P. The molecule has 2 unspecified atom stereocenters. The Morgan fingerprint density at radius 3 is 2.33 bits per heavy atom. The molecule has 0 saturated carbocycles. The highest BCUT2D eigenvalue weighted by Crippen LogP contribution is 2.56. The van der Waals surface area contributed by atoms with E-state index in [1.165, 1.54) is 6.66 Å². The summed E-state index contributed by atoms with van der Waals surface area (Å²) in [5.41, 5.74) is 0.359. The molecule has 1 N–H and O–H groups in total. The minimum Gasteiger partial charge on any atom is -0.328 e. The maximum absolute atomic E-state index is 12.6. The number of hydrogen-bond acceptors (Lipinski definition) is 5. The number of hydrogen-bond donors (Lipinski definition) is 1. The molecule has 1 aromatic carbocycles. The zero-order chi connectivity index (χ0) is 15.8. The van der Waals surface area contributed by atoms with Crippen LogP contribution in [-0.4, -0.2) is 41.0 Å². The van der Waals surface area contributed by atoms with Gasteiger partial charge in [-0.15, -0.1) is 0 Å². The lowest BCUT2D eigenvalue weighted by molar-refractivity contribution is -0.171. The van der Waals surface area contributed by atoms with E-state index in [4.69, 9.17) is 4.52 Å². The maximum Gasteiger partial charge on any atom is 0.267 e. The van der Waals surface area contributed by atoms with E-state index in [0.29, 0.717) is 5.56 Å². The lowest BCUT2D eigenvalue weighted by atomic mass is 9.96. The van der Waals surface area contributed by atoms with Gasteiger partial charge in [-0.3, -0.25) is 19.4 Å². The van der Waals surface area contributed by atoms with Crippen LogP contribution in [0.3, 0.4) is 0 Å². The summed E-state index contributed by atoms with van der Waals surface area (Å²) in [6.07, 6.45) is 0. The SMILES string of the molecule is CCOP(C)(=O)[C@H]1C(=O)N(O)C(=O)C1c1ccc(C)cc1. The number of imide groups is 1. The molecule has 2 amide bonds. The third-order valence-corrected chi connectivity index (χ3v) is 5.88. The van der Waals surface area contributed by atoms with Crippen LogP contribution < -0.4 is 0 Å². The molecule has 114 valence electrons. The number of nitrogens with zero attached hydrogens (tertiary/aromatic N) is 1. The van der Waals surface area contributed by atoms with Crippen molar-refractivity contribution in [3.8, 4) is 0 Å². The van der Waals surface area contributed by atoms with Crippen molar-refractivity contribution in [2.45, 2.75) is 25.4 Å². The van der Waals surface area contributed by atoms with Crippen LogP contribution in [0, 0.1) is 6.92 Å². The van der Waals surface area contributed by atoms with Crippen LogP contribution in [-0.2, 0) is 18.7 Å². The van der Waals surface area contributed by atoms with E-state index in [1.807, 2.05) is 6.92 Å². The molecule has 1 aliphatic heterocycles. The van der Waals surface area contributed by atoms with Gasteiger partial charge in [-0.05, 0) is 19.4 Å². The normalized spacial score (nSPS) is 25.2. The van der Waals surface area contributed by atoms with Crippen molar-refractivity contribution < 1.29 is 23.9 Å². The Morgan fingerprint density at radius 1 is 1.24 bits per heavy atom. The second-order valence-corrected chi connectivity index (χ2v) is 7.78. The monoisotopic (exact) mass is 311 g/mol. The van der Waals surface area contributed by atoms with Gasteiger partial charge in [-0.2, -0.15) is 5.06 Å². The minimum atomic E-state index is -3.38. The highest BCUT2D eigenvalue weighted by Gasteiger charge is 2.55. The molecule has 0 bridgehead atoms. The van der Waals surface area contributed by atoms with Crippen molar-refractivity contribution in [1.82, 2.24) is 5.06 Å². The quantitative estimate of drug-likeness (QED) is 0.523. The zero-order valence-electron chi connectivity index (χ0n) is 12.1. The number of hydroxylamine groups is 2. The van der Waals surface area contributed by atoms with E-state index in [9.17, 15) is 19.4 Å². The number of rotatable bonds is 4. The van der Waals surface area contributed by atoms with Gasteiger partial charge in [0.05, 0.1) is 12.5 Å². The summed E-state index contributed by atoms with van der Waals surface area (Å²) in [6.45, 7) is 5.05. The Bertz CT molecular complexity index is 612. The van der Waals surface area contributed by atoms with Crippen molar-refractivity contribution >= 4 is 19.2 Å². The van der Waals surface area contributed by atoms with Crippen LogP contribution in [0.5, 0.6) is 0 Å². The fraction of sp³-hybridized carbons (Fsp3) is 0.429. The highest BCUT2D eigenvalue weighted by molar-refractivity contribution is 7.60. The first-order valence-corrected chi connectivity index (χ1v) is 8.78. The average molecular weight is 311 g/mol. The van der Waals surface area contributed by atoms with E-state index in [1.54, 1.807) is 31.2 Å². The molecule has 6 nitrogen and oxygen atoms in total. The molecule has 0 aromatic heterocycles. The molecular weight excluding hydrogens is 293 g/mol. The van der Waals surface area contributed by atoms with E-state index >= 15 is 0 Å². The summed E-state index contributed by atoms with van der Waals surface area (Å²) >= 11 is 0. The smallest absolute Gasteiger partial charge is 0.267 e. The Labute approximate surface area is 123 Å². The molecule has 2 rings (SSSR count). The van der Waals surface area contributed by atoms with Crippen molar-refractivity contribution in [2.24, 2.45) is 0 Å². The Morgan fingerprint density at radius 2 is 1.81 bits per heavy atom. The molecule has 0 aliphatic carbocycles. The number of amides is 2. The molecule has 21 heavy (non-hydrogen) atoms. The predicted molar refractivity (Wildman–Crippen MR) is 76.5 cm³/mol. The van der Waals surface area contributed by atoms with Gasteiger partial charge < -0.3 is 4.52 Å². The summed E-state index contributed by atoms with van der Waals surface area (Å²) < 4.78 is 17.8. The van der Waals surface area contributed by atoms with Gasteiger partial charge in [0, 0.05) is 6.66 Å². The van der Waals surface area contributed by atoms with Crippen LogP contribution in [0.25, 0.3) is 0 Å². The fourth-order valence-corrected chi connectivity index (χ4v) is 4.58. The van der Waals surface area contributed by atoms with E-state index in [-0.39, 0.29) is 11.7 Å². The van der Waals surface area contributed by atoms with Crippen molar-refractivity contribution in [3.05, 3.63) is 35.4 Å². The van der Waals surface area contributed by atoms with E-state index in [2.05, 4.69) is 0 Å². The van der Waals surface area contributed by atoms with Gasteiger partial charge in [-0.1, -0.05) is 29.8 Å². The van der Waals surface area contributed by atoms with E-state index in [0.717, 1.165) is 5.56 Å². The molecule has 1 fully saturated rings. The van der Waals surface area contributed by atoms with Crippen molar-refractivity contribution in [1.29, 1.82) is 0 Å². The lowest BCUT2D eigenvalue weighted by Crippen LogP contribution is -2.28. The Balaban J connectivity index is 2.49. The molecule has 1 heterocycles. The van der Waals surface area contributed by atoms with E-state index < -0.39 is 30.8 Å². The molecule has 0 radical (unpaired) electrons. The Kier molecular flexibility index (Phi) is 4.33. The number of carbonyl (C=O) groups excluding carboxylic acids is 2. The fourth-order valence-electron chi connectivity index (χ4n) is 2.55. The van der Waals surface area contributed by atoms with Crippen LogP contribution in [0.4, 0.5) is 0 Å². The molecule has 0 spiro atoms. The lowest BCUT2D eigenvalue weighted by Gasteiger charge is -2.22. The second-order valence-electron chi connectivity index (χ2n) is 5.15. The standard InChI is InChI=1S/C14H18NO5P/c1-4-20-21(3,19)12-11(13(16)15(18)14(12)17)10-7-5-9(2)6-8-10/h5-8,11-12,18H,4H2,1-3H3/t11?,12-,21?/m1/s1. The van der Waals surface area contributed by atoms with Crippen LogP contribution in [0.1, 0.15) is 24.0 Å². The van der Waals surface area contributed by atoms with Crippen molar-refractivity contribution in [2.75, 3.05) is 13.3 Å². The summed E-state index contributed by atoms with van der Waals surface area (Å²) in [5, 5.41) is 9.67. The third kappa shape index (κ3) is 2.79. The first-order valence-electron chi connectivity index (χ1n) is 6.64. The van der Waals surface area contributed by atoms with Gasteiger partial charge in [-0.25, -0.2) is 0 Å². The van der Waals surface area contributed by atoms with Crippen LogP contribution >= 0.6 is 7.37 Å². The second kappa shape index (κ2) is 5.72. The largest absolute Gasteiger partial charge is 0.328 e. The number of aryl methyl sites for hydroxylation is 1. The topological polar surface area (TPSA) is 83.9 Å². The van der Waals surface area contributed by atoms with Crippen LogP contribution in [0.15, 0.2) is 24.3 Å². The number of benzene rings is 1. The van der Waals surface area contributed by atoms with Crippen LogP contribution in [0.2, 0.25) is 0 Å². The molecule has 1 saturated heterocycles. The molecule has 1 aliphatic rings. The summed E-state index contributed by atoms with van der Waals surface area (Å²) in [5.74, 6) is -2.62. The first-order chi connectivity index (χ1) is 9.79. The molecule has 3 atom stereocenters. The summed E-state index contributed by atoms with van der Waals surface area (Å²) in [4.78, 5) is 24.2. The van der Waals surface area contributed by atoms with Gasteiger partial charge in [0.15, 0.2) is 0 Å². The van der Waals surface area contributed by atoms with Gasteiger partial charge in [0.2, 0.25) is 7.37 Å². The third-order valence-electron chi connectivity index (χ3n) is 3.58. The van der Waals surface area contributed by atoms with Crippen molar-refractivity contribution in [3.63, 3.8) is 0 Å². The minimum absolute atomic E-state index is 0.0599. The average Bonchev–Trinajstić information content (AvgIpc) is 2.65. The summed E-state index contributed by atoms with van der Waals surface area (Å²) in [6, 6.07) is 6.99.